The second-order valence-corrected chi connectivity index (χ2v) is 5.37. The first-order chi connectivity index (χ1) is 11.2. The van der Waals surface area contributed by atoms with Crippen molar-refractivity contribution in [3.8, 4) is 0 Å². The highest BCUT2D eigenvalue weighted by Crippen LogP contribution is 2.15. The lowest BCUT2D eigenvalue weighted by Gasteiger charge is -2.15. The van der Waals surface area contributed by atoms with Gasteiger partial charge in [0.25, 0.3) is 0 Å². The monoisotopic (exact) mass is 460 g/mol. The first kappa shape index (κ1) is 20.7. The standard InChI is InChI=1S/C17H21ClN4O.HI/c1-2-20-17(21-11-14-5-3-4-6-15(14)18)22-12-16(23)13-7-9-19-10-8-13;/h3-10,16,23H,2,11-12H2,1H3,(H2,20,21,22);1H. The van der Waals surface area contributed by atoms with Gasteiger partial charge in [0.05, 0.1) is 12.6 Å². The Labute approximate surface area is 164 Å². The maximum atomic E-state index is 10.2. The number of hydrogen-bond donors (Lipinski definition) is 3. The zero-order chi connectivity index (χ0) is 16.5. The van der Waals surface area contributed by atoms with Crippen molar-refractivity contribution in [2.45, 2.75) is 19.6 Å². The zero-order valence-corrected chi connectivity index (χ0v) is 16.5. The normalized spacial score (nSPS) is 12.2. The Morgan fingerprint density at radius 1 is 1.21 bits per heavy atom. The van der Waals surface area contributed by atoms with Crippen LogP contribution in [0.3, 0.4) is 0 Å². The van der Waals surface area contributed by atoms with Crippen molar-refractivity contribution >= 4 is 41.5 Å². The van der Waals surface area contributed by atoms with E-state index < -0.39 is 6.10 Å². The summed E-state index contributed by atoms with van der Waals surface area (Å²) in [6.45, 7) is 3.56. The van der Waals surface area contributed by atoms with E-state index in [2.05, 4.69) is 20.6 Å². The number of nitrogens with zero attached hydrogens (tertiary/aromatic N) is 2. The third kappa shape index (κ3) is 6.62. The molecule has 2 rings (SSSR count). The molecule has 0 radical (unpaired) electrons. The first-order valence-corrected chi connectivity index (χ1v) is 7.92. The van der Waals surface area contributed by atoms with Gasteiger partial charge in [-0.3, -0.25) is 4.98 Å². The topological polar surface area (TPSA) is 69.5 Å². The second-order valence-electron chi connectivity index (χ2n) is 4.96. The molecule has 1 atom stereocenters. The zero-order valence-electron chi connectivity index (χ0n) is 13.4. The maximum absolute atomic E-state index is 10.2. The fourth-order valence-electron chi connectivity index (χ4n) is 2.03. The molecule has 3 N–H and O–H groups in total. The fourth-order valence-corrected chi connectivity index (χ4v) is 2.22. The molecule has 5 nitrogen and oxygen atoms in total. The molecule has 1 aromatic heterocycles. The van der Waals surface area contributed by atoms with Crippen LogP contribution in [0.1, 0.15) is 24.2 Å². The number of aliphatic hydroxyl groups is 1. The molecule has 2 aromatic rings. The third-order valence-corrected chi connectivity index (χ3v) is 3.63. The highest BCUT2D eigenvalue weighted by atomic mass is 127. The molecule has 7 heteroatoms. The fraction of sp³-hybridized carbons (Fsp3) is 0.294. The molecule has 0 spiro atoms. The van der Waals surface area contributed by atoms with E-state index in [1.807, 2.05) is 31.2 Å². The van der Waals surface area contributed by atoms with E-state index in [-0.39, 0.29) is 24.0 Å². The van der Waals surface area contributed by atoms with Gasteiger partial charge < -0.3 is 15.7 Å². The average Bonchev–Trinajstić information content (AvgIpc) is 2.59. The van der Waals surface area contributed by atoms with Gasteiger partial charge in [-0.2, -0.15) is 0 Å². The summed E-state index contributed by atoms with van der Waals surface area (Å²) in [6, 6.07) is 11.2. The van der Waals surface area contributed by atoms with Gasteiger partial charge >= 0.3 is 0 Å². The van der Waals surface area contributed by atoms with E-state index in [0.717, 1.165) is 17.7 Å². The quantitative estimate of drug-likeness (QED) is 0.352. The maximum Gasteiger partial charge on any atom is 0.191 e. The Kier molecular flexibility index (Phi) is 9.66. The number of rotatable bonds is 6. The molecule has 1 heterocycles. The number of pyridine rings is 1. The number of benzene rings is 1. The molecule has 0 amide bonds. The minimum atomic E-state index is -0.623. The lowest BCUT2D eigenvalue weighted by atomic mass is 10.1. The van der Waals surface area contributed by atoms with Crippen LogP contribution in [0.4, 0.5) is 0 Å². The molecular weight excluding hydrogens is 439 g/mol. The van der Waals surface area contributed by atoms with Gasteiger partial charge in [0.2, 0.25) is 0 Å². The molecule has 0 saturated heterocycles. The number of aromatic nitrogens is 1. The van der Waals surface area contributed by atoms with Crippen LogP contribution in [-0.2, 0) is 6.54 Å². The van der Waals surface area contributed by atoms with Crippen LogP contribution >= 0.6 is 35.6 Å². The van der Waals surface area contributed by atoms with E-state index in [9.17, 15) is 5.11 Å². The van der Waals surface area contributed by atoms with Crippen molar-refractivity contribution in [3.63, 3.8) is 0 Å². The van der Waals surface area contributed by atoms with Crippen molar-refractivity contribution < 1.29 is 5.11 Å². The van der Waals surface area contributed by atoms with Gasteiger partial charge in [0.15, 0.2) is 5.96 Å². The molecular formula is C17H22ClIN4O. The molecule has 1 aromatic carbocycles. The summed E-state index contributed by atoms with van der Waals surface area (Å²) in [5.41, 5.74) is 1.77. The summed E-state index contributed by atoms with van der Waals surface area (Å²) in [5, 5.41) is 17.2. The molecule has 130 valence electrons. The predicted molar refractivity (Wildman–Crippen MR) is 109 cm³/mol. The number of aliphatic imine (C=N–C) groups is 1. The number of hydrogen-bond acceptors (Lipinski definition) is 3. The second kappa shape index (κ2) is 11.2. The summed E-state index contributed by atoms with van der Waals surface area (Å²) in [7, 11) is 0. The van der Waals surface area contributed by atoms with Gasteiger partial charge in [0, 0.05) is 30.5 Å². The Balaban J connectivity index is 0.00000288. The predicted octanol–water partition coefficient (Wildman–Crippen LogP) is 3.14. The van der Waals surface area contributed by atoms with E-state index >= 15 is 0 Å². The third-order valence-electron chi connectivity index (χ3n) is 3.26. The summed E-state index contributed by atoms with van der Waals surface area (Å²) in [5.74, 6) is 0.639. The Hall–Kier alpha value is -1.38. The highest BCUT2D eigenvalue weighted by Gasteiger charge is 2.08. The van der Waals surface area contributed by atoms with Gasteiger partial charge in [-0.1, -0.05) is 29.8 Å². The Bertz CT molecular complexity index is 639. The molecule has 0 bridgehead atoms. The number of nitrogens with one attached hydrogen (secondary N) is 2. The lowest BCUT2D eigenvalue weighted by molar-refractivity contribution is 0.180. The van der Waals surface area contributed by atoms with Crippen LogP contribution < -0.4 is 10.6 Å². The molecule has 1 unspecified atom stereocenters. The number of aliphatic hydroxyl groups excluding tert-OH is 1. The Morgan fingerprint density at radius 3 is 2.58 bits per heavy atom. The highest BCUT2D eigenvalue weighted by molar-refractivity contribution is 14.0. The Morgan fingerprint density at radius 2 is 1.92 bits per heavy atom. The average molecular weight is 461 g/mol. The van der Waals surface area contributed by atoms with Crippen LogP contribution in [0, 0.1) is 0 Å². The van der Waals surface area contributed by atoms with Gasteiger partial charge in [-0.05, 0) is 36.2 Å². The van der Waals surface area contributed by atoms with E-state index in [1.54, 1.807) is 24.5 Å². The molecule has 0 fully saturated rings. The molecule has 0 aliphatic carbocycles. The van der Waals surface area contributed by atoms with Crippen molar-refractivity contribution in [2.24, 2.45) is 4.99 Å². The van der Waals surface area contributed by atoms with Crippen molar-refractivity contribution in [1.82, 2.24) is 15.6 Å². The summed E-state index contributed by atoms with van der Waals surface area (Å²) >= 11 is 6.14. The van der Waals surface area contributed by atoms with Crippen molar-refractivity contribution in [1.29, 1.82) is 0 Å². The molecule has 24 heavy (non-hydrogen) atoms. The smallest absolute Gasteiger partial charge is 0.191 e. The molecule has 0 aliphatic heterocycles. The van der Waals surface area contributed by atoms with Gasteiger partial charge in [-0.15, -0.1) is 24.0 Å². The van der Waals surface area contributed by atoms with Gasteiger partial charge in [0.1, 0.15) is 0 Å². The molecule has 0 saturated carbocycles. The number of guanidine groups is 1. The summed E-state index contributed by atoms with van der Waals surface area (Å²) < 4.78 is 0. The van der Waals surface area contributed by atoms with Crippen molar-refractivity contribution in [3.05, 3.63) is 64.9 Å². The minimum Gasteiger partial charge on any atom is -0.387 e. The summed E-state index contributed by atoms with van der Waals surface area (Å²) in [4.78, 5) is 8.44. The lowest BCUT2D eigenvalue weighted by Crippen LogP contribution is -2.39. The number of halogens is 2. The van der Waals surface area contributed by atoms with E-state index in [1.165, 1.54) is 0 Å². The SMILES string of the molecule is CCNC(=NCc1ccccc1Cl)NCC(O)c1ccncc1.I. The van der Waals surface area contributed by atoms with Crippen LogP contribution in [0.5, 0.6) is 0 Å². The molecule has 0 aliphatic rings. The van der Waals surface area contributed by atoms with E-state index in [0.29, 0.717) is 24.1 Å². The first-order valence-electron chi connectivity index (χ1n) is 7.54. The van der Waals surface area contributed by atoms with Crippen LogP contribution in [-0.4, -0.2) is 29.1 Å². The van der Waals surface area contributed by atoms with Gasteiger partial charge in [-0.25, -0.2) is 4.99 Å². The van der Waals surface area contributed by atoms with Crippen molar-refractivity contribution in [2.75, 3.05) is 13.1 Å². The summed E-state index contributed by atoms with van der Waals surface area (Å²) in [6.07, 6.45) is 2.70. The largest absolute Gasteiger partial charge is 0.387 e. The van der Waals surface area contributed by atoms with Crippen LogP contribution in [0.15, 0.2) is 53.8 Å². The van der Waals surface area contributed by atoms with Crippen LogP contribution in [0.25, 0.3) is 0 Å². The van der Waals surface area contributed by atoms with Crippen LogP contribution in [0.2, 0.25) is 5.02 Å². The van der Waals surface area contributed by atoms with E-state index in [4.69, 9.17) is 11.6 Å². The minimum absolute atomic E-state index is 0.